The van der Waals surface area contributed by atoms with E-state index in [4.69, 9.17) is 5.11 Å². The molecule has 0 saturated carbocycles. The second kappa shape index (κ2) is 5.75. The summed E-state index contributed by atoms with van der Waals surface area (Å²) in [5.74, 6) is -1.46. The Labute approximate surface area is 114 Å². The van der Waals surface area contributed by atoms with Crippen molar-refractivity contribution in [3.8, 4) is 0 Å². The monoisotopic (exact) mass is 301 g/mol. The topological polar surface area (TPSA) is 131 Å². The van der Waals surface area contributed by atoms with Crippen molar-refractivity contribution < 1.29 is 19.2 Å². The van der Waals surface area contributed by atoms with Crippen molar-refractivity contribution in [1.82, 2.24) is 20.3 Å². The first-order chi connectivity index (χ1) is 9.04. The van der Waals surface area contributed by atoms with Crippen LogP contribution in [0.4, 0.5) is 5.13 Å². The molecule has 0 aromatic carbocycles. The molecule has 0 aliphatic carbocycles. The molecule has 0 aliphatic rings. The van der Waals surface area contributed by atoms with E-state index in [1.54, 1.807) is 6.92 Å². The molecule has 0 bridgehead atoms. The van der Waals surface area contributed by atoms with Gasteiger partial charge in [-0.2, -0.15) is 4.98 Å². The summed E-state index contributed by atoms with van der Waals surface area (Å²) in [4.78, 5) is 25.8. The van der Waals surface area contributed by atoms with E-state index in [-0.39, 0.29) is 22.6 Å². The molecule has 0 atom stereocenters. The zero-order valence-corrected chi connectivity index (χ0v) is 11.1. The smallest absolute Gasteiger partial charge is 0.313 e. The Morgan fingerprint density at radius 3 is 2.89 bits per heavy atom. The third kappa shape index (κ3) is 3.72. The number of nitrogens with zero attached hydrogens (tertiary/aromatic N) is 4. The van der Waals surface area contributed by atoms with Crippen LogP contribution in [0.5, 0.6) is 0 Å². The summed E-state index contributed by atoms with van der Waals surface area (Å²) >= 11 is 2.08. The van der Waals surface area contributed by atoms with Crippen LogP contribution in [-0.4, -0.2) is 43.1 Å². The van der Waals surface area contributed by atoms with Crippen molar-refractivity contribution in [3.05, 3.63) is 11.7 Å². The number of aliphatic carboxylic acids is 1. The fraction of sp³-hybridized carbons (Fsp3) is 0.250. The third-order valence-corrected chi connectivity index (χ3v) is 3.63. The van der Waals surface area contributed by atoms with Crippen LogP contribution in [0.3, 0.4) is 0 Å². The van der Waals surface area contributed by atoms with Gasteiger partial charge in [0.15, 0.2) is 4.34 Å². The zero-order valence-electron chi connectivity index (χ0n) is 9.48. The van der Waals surface area contributed by atoms with E-state index in [1.165, 1.54) is 0 Å². The largest absolute Gasteiger partial charge is 0.481 e. The van der Waals surface area contributed by atoms with Crippen molar-refractivity contribution in [1.29, 1.82) is 0 Å². The SMILES string of the molecule is Cc1nc(C(=O)Nc2nnc(SCC(=O)O)s2)no1. The molecule has 19 heavy (non-hydrogen) atoms. The molecule has 0 fully saturated rings. The fourth-order valence-corrected chi connectivity index (χ4v) is 2.45. The summed E-state index contributed by atoms with van der Waals surface area (Å²) in [6.07, 6.45) is 0. The predicted molar refractivity (Wildman–Crippen MR) is 65.3 cm³/mol. The van der Waals surface area contributed by atoms with Crippen molar-refractivity contribution in [3.63, 3.8) is 0 Å². The lowest BCUT2D eigenvalue weighted by atomic mass is 10.6. The maximum Gasteiger partial charge on any atom is 0.313 e. The van der Waals surface area contributed by atoms with E-state index in [0.29, 0.717) is 4.34 Å². The number of carboxylic acid groups (broad SMARTS) is 1. The van der Waals surface area contributed by atoms with Crippen LogP contribution in [0.2, 0.25) is 0 Å². The van der Waals surface area contributed by atoms with E-state index >= 15 is 0 Å². The van der Waals surface area contributed by atoms with E-state index in [1.807, 2.05) is 0 Å². The van der Waals surface area contributed by atoms with Gasteiger partial charge in [-0.15, -0.1) is 10.2 Å². The maximum absolute atomic E-state index is 11.6. The number of carbonyl (C=O) groups excluding carboxylic acids is 1. The second-order valence-electron chi connectivity index (χ2n) is 3.15. The third-order valence-electron chi connectivity index (χ3n) is 1.68. The number of aryl methyl sites for hydroxylation is 1. The minimum Gasteiger partial charge on any atom is -0.481 e. The summed E-state index contributed by atoms with van der Waals surface area (Å²) in [6, 6.07) is 0. The maximum atomic E-state index is 11.6. The minimum atomic E-state index is -0.951. The lowest BCUT2D eigenvalue weighted by Gasteiger charge is -1.93. The second-order valence-corrected chi connectivity index (χ2v) is 5.35. The van der Waals surface area contributed by atoms with Crippen molar-refractivity contribution in [2.24, 2.45) is 0 Å². The van der Waals surface area contributed by atoms with Crippen LogP contribution in [0.15, 0.2) is 8.86 Å². The van der Waals surface area contributed by atoms with E-state index in [0.717, 1.165) is 23.1 Å². The van der Waals surface area contributed by atoms with Crippen LogP contribution >= 0.6 is 23.1 Å². The van der Waals surface area contributed by atoms with Gasteiger partial charge in [0.05, 0.1) is 5.75 Å². The van der Waals surface area contributed by atoms with Crippen LogP contribution in [0.25, 0.3) is 0 Å². The summed E-state index contributed by atoms with van der Waals surface area (Å²) in [5.41, 5.74) is 0. The Balaban J connectivity index is 1.96. The summed E-state index contributed by atoms with van der Waals surface area (Å²) in [5, 5.41) is 22.1. The molecular formula is C8H7N5O4S2. The Morgan fingerprint density at radius 1 is 1.47 bits per heavy atom. The van der Waals surface area contributed by atoms with Gasteiger partial charge in [-0.05, 0) is 0 Å². The molecule has 1 amide bonds. The van der Waals surface area contributed by atoms with Crippen molar-refractivity contribution in [2.45, 2.75) is 11.3 Å². The van der Waals surface area contributed by atoms with E-state index in [2.05, 4.69) is 30.2 Å². The van der Waals surface area contributed by atoms with Gasteiger partial charge in [0.25, 0.3) is 11.7 Å². The van der Waals surface area contributed by atoms with Crippen LogP contribution in [-0.2, 0) is 4.79 Å². The van der Waals surface area contributed by atoms with Gasteiger partial charge in [-0.25, -0.2) is 0 Å². The highest BCUT2D eigenvalue weighted by Gasteiger charge is 2.15. The average molecular weight is 301 g/mol. The van der Waals surface area contributed by atoms with Crippen molar-refractivity contribution in [2.75, 3.05) is 11.1 Å². The first kappa shape index (κ1) is 13.4. The average Bonchev–Trinajstić information content (AvgIpc) is 2.95. The summed E-state index contributed by atoms with van der Waals surface area (Å²) in [6.45, 7) is 1.56. The zero-order chi connectivity index (χ0) is 13.8. The van der Waals surface area contributed by atoms with E-state index in [9.17, 15) is 9.59 Å². The molecule has 2 aromatic heterocycles. The van der Waals surface area contributed by atoms with Crippen LogP contribution < -0.4 is 5.32 Å². The summed E-state index contributed by atoms with van der Waals surface area (Å²) < 4.78 is 5.12. The molecule has 100 valence electrons. The lowest BCUT2D eigenvalue weighted by Crippen LogP contribution is -2.13. The molecule has 0 spiro atoms. The molecule has 0 radical (unpaired) electrons. The molecule has 0 aliphatic heterocycles. The highest BCUT2D eigenvalue weighted by atomic mass is 32.2. The minimum absolute atomic E-state index is 0.104. The number of amides is 1. The number of carbonyl (C=O) groups is 2. The van der Waals surface area contributed by atoms with Crippen molar-refractivity contribution >= 4 is 40.1 Å². The molecule has 9 nitrogen and oxygen atoms in total. The molecular weight excluding hydrogens is 294 g/mol. The Morgan fingerprint density at radius 2 is 2.26 bits per heavy atom. The van der Waals surface area contributed by atoms with Gasteiger partial charge in [0.2, 0.25) is 11.0 Å². The number of hydrogen-bond donors (Lipinski definition) is 2. The highest BCUT2D eigenvalue weighted by Crippen LogP contribution is 2.25. The van der Waals surface area contributed by atoms with Crippen LogP contribution in [0.1, 0.15) is 16.5 Å². The number of thioether (sulfide) groups is 1. The predicted octanol–water partition coefficient (Wildman–Crippen LogP) is 0.659. The highest BCUT2D eigenvalue weighted by molar-refractivity contribution is 8.01. The van der Waals surface area contributed by atoms with Gasteiger partial charge in [-0.3, -0.25) is 14.9 Å². The fourth-order valence-electron chi connectivity index (χ4n) is 0.987. The molecule has 0 saturated heterocycles. The van der Waals surface area contributed by atoms with Gasteiger partial charge < -0.3 is 9.63 Å². The first-order valence-corrected chi connectivity index (χ1v) is 6.64. The molecule has 2 aromatic rings. The Kier molecular flexibility index (Phi) is 4.06. The lowest BCUT2D eigenvalue weighted by molar-refractivity contribution is -0.133. The molecule has 2 rings (SSSR count). The normalized spacial score (nSPS) is 10.4. The molecule has 2 heterocycles. The van der Waals surface area contributed by atoms with Crippen LogP contribution in [0, 0.1) is 6.92 Å². The van der Waals surface area contributed by atoms with Gasteiger partial charge in [0, 0.05) is 6.92 Å². The molecule has 0 unspecified atom stereocenters. The van der Waals surface area contributed by atoms with Gasteiger partial charge in [-0.1, -0.05) is 28.3 Å². The Hall–Kier alpha value is -2.01. The summed E-state index contributed by atoms with van der Waals surface area (Å²) in [7, 11) is 0. The number of nitrogens with one attached hydrogen (secondary N) is 1. The standard InChI is InChI=1S/C8H7N5O4S2/c1-3-9-5(13-17-3)6(16)10-7-11-12-8(19-7)18-2-4(14)15/h2H2,1H3,(H,14,15)(H,10,11,16). The first-order valence-electron chi connectivity index (χ1n) is 4.84. The van der Waals surface area contributed by atoms with Gasteiger partial charge >= 0.3 is 5.97 Å². The number of anilines is 1. The number of carboxylic acids is 1. The molecule has 11 heteroatoms. The van der Waals surface area contributed by atoms with Gasteiger partial charge in [0.1, 0.15) is 0 Å². The van der Waals surface area contributed by atoms with E-state index < -0.39 is 11.9 Å². The quantitative estimate of drug-likeness (QED) is 0.603. The molecule has 2 N–H and O–H groups in total. The Bertz CT molecular complexity index is 610. The number of rotatable bonds is 5. The number of aromatic nitrogens is 4. The number of hydrogen-bond acceptors (Lipinski definition) is 9.